The van der Waals surface area contributed by atoms with Gasteiger partial charge < -0.3 is 28.6 Å². The minimum atomic E-state index is -1.08. The van der Waals surface area contributed by atoms with E-state index >= 15 is 0 Å². The van der Waals surface area contributed by atoms with Crippen molar-refractivity contribution < 1.29 is 42.9 Å². The van der Waals surface area contributed by atoms with Crippen molar-refractivity contribution in [2.45, 2.75) is 51.0 Å². The first-order chi connectivity index (χ1) is 15.3. The summed E-state index contributed by atoms with van der Waals surface area (Å²) in [6.45, 7) is 4.03. The van der Waals surface area contributed by atoms with Gasteiger partial charge in [-0.05, 0) is 23.3 Å². The third-order valence-corrected chi connectivity index (χ3v) is 6.14. The fourth-order valence-electron chi connectivity index (χ4n) is 5.15. The van der Waals surface area contributed by atoms with E-state index < -0.39 is 48.2 Å². The molecule has 3 heterocycles. The number of hydrogen-bond donors (Lipinski definition) is 0. The molecule has 1 aromatic carbocycles. The van der Waals surface area contributed by atoms with E-state index in [1.54, 1.807) is 23.1 Å². The second-order valence-corrected chi connectivity index (χ2v) is 8.10. The van der Waals surface area contributed by atoms with Crippen LogP contribution < -0.4 is 9.47 Å². The molecule has 0 unspecified atom stereocenters. The van der Waals surface area contributed by atoms with E-state index in [0.29, 0.717) is 28.2 Å². The molecule has 168 valence electrons. The summed E-state index contributed by atoms with van der Waals surface area (Å²) in [5.41, 5.74) is 1.63. The van der Waals surface area contributed by atoms with E-state index in [1.165, 1.54) is 20.8 Å². The van der Waals surface area contributed by atoms with Crippen molar-refractivity contribution in [3.05, 3.63) is 34.9 Å². The minimum Gasteiger partial charge on any atom is -0.458 e. The maximum atomic E-state index is 13.3. The number of ether oxygens (including phenoxy) is 5. The summed E-state index contributed by atoms with van der Waals surface area (Å²) in [7, 11) is 0. The summed E-state index contributed by atoms with van der Waals surface area (Å²) in [6, 6.07) is 2.80. The van der Waals surface area contributed by atoms with Gasteiger partial charge in [0.2, 0.25) is 6.79 Å². The smallest absolute Gasteiger partial charge is 0.303 e. The average Bonchev–Trinajstić information content (AvgIpc) is 3.34. The first kappa shape index (κ1) is 20.3. The van der Waals surface area contributed by atoms with Crippen molar-refractivity contribution in [2.24, 2.45) is 0 Å². The molecule has 4 aliphatic rings. The summed E-state index contributed by atoms with van der Waals surface area (Å²) < 4.78 is 27.7. The SMILES string of the molecule is CC(=O)O[C@@H]1[C@@H](OC(C)=O)[C@H](OC(C)=O)C2=CCN3C(=O)c4cc5c(cc4[C@H]1[C@@H]23)OCO5. The molecule has 0 N–H and O–H groups in total. The van der Waals surface area contributed by atoms with E-state index in [-0.39, 0.29) is 19.2 Å². The highest BCUT2D eigenvalue weighted by Gasteiger charge is 2.60. The van der Waals surface area contributed by atoms with Gasteiger partial charge in [-0.1, -0.05) is 6.08 Å². The fourth-order valence-corrected chi connectivity index (χ4v) is 5.15. The molecule has 1 saturated carbocycles. The fraction of sp³-hybridized carbons (Fsp3) is 0.455. The monoisotopic (exact) mass is 443 g/mol. The Morgan fingerprint density at radius 2 is 1.56 bits per heavy atom. The highest BCUT2D eigenvalue weighted by atomic mass is 16.7. The van der Waals surface area contributed by atoms with Gasteiger partial charge in [0.1, 0.15) is 0 Å². The van der Waals surface area contributed by atoms with Crippen LogP contribution in [-0.4, -0.2) is 66.4 Å². The lowest BCUT2D eigenvalue weighted by Crippen LogP contribution is -2.62. The van der Waals surface area contributed by atoms with Crippen LogP contribution in [0.2, 0.25) is 0 Å². The zero-order valence-corrected chi connectivity index (χ0v) is 17.7. The van der Waals surface area contributed by atoms with Crippen molar-refractivity contribution in [2.75, 3.05) is 13.3 Å². The molecule has 1 aromatic rings. The van der Waals surface area contributed by atoms with Gasteiger partial charge in [-0.15, -0.1) is 0 Å². The van der Waals surface area contributed by atoms with Gasteiger partial charge in [-0.3, -0.25) is 19.2 Å². The van der Waals surface area contributed by atoms with E-state index in [0.717, 1.165) is 0 Å². The van der Waals surface area contributed by atoms with Crippen LogP contribution in [0.3, 0.4) is 0 Å². The lowest BCUT2D eigenvalue weighted by molar-refractivity contribution is -0.188. The summed E-state index contributed by atoms with van der Waals surface area (Å²) in [6.07, 6.45) is -1.28. The van der Waals surface area contributed by atoms with Crippen LogP contribution in [0, 0.1) is 0 Å². The molecule has 0 saturated heterocycles. The van der Waals surface area contributed by atoms with Gasteiger partial charge in [-0.2, -0.15) is 0 Å². The molecule has 1 fully saturated rings. The Balaban J connectivity index is 1.70. The molecular formula is C22H21NO9. The molecule has 0 spiro atoms. The molecule has 1 aliphatic carbocycles. The Morgan fingerprint density at radius 1 is 0.938 bits per heavy atom. The zero-order valence-electron chi connectivity index (χ0n) is 17.7. The predicted octanol–water partition coefficient (Wildman–Crippen LogP) is 1.07. The molecule has 5 atom stereocenters. The van der Waals surface area contributed by atoms with Crippen LogP contribution in [0.1, 0.15) is 42.6 Å². The van der Waals surface area contributed by atoms with Gasteiger partial charge in [0, 0.05) is 32.9 Å². The Morgan fingerprint density at radius 3 is 2.22 bits per heavy atom. The third kappa shape index (κ3) is 3.01. The Bertz CT molecular complexity index is 1080. The average molecular weight is 443 g/mol. The number of nitrogens with zero attached hydrogens (tertiary/aromatic N) is 1. The van der Waals surface area contributed by atoms with E-state index in [2.05, 4.69) is 0 Å². The zero-order chi connectivity index (χ0) is 22.7. The van der Waals surface area contributed by atoms with Gasteiger partial charge in [0.25, 0.3) is 5.91 Å². The quantitative estimate of drug-likeness (QED) is 0.384. The predicted molar refractivity (Wildman–Crippen MR) is 105 cm³/mol. The maximum absolute atomic E-state index is 13.3. The van der Waals surface area contributed by atoms with E-state index in [4.69, 9.17) is 23.7 Å². The van der Waals surface area contributed by atoms with Crippen LogP contribution >= 0.6 is 0 Å². The molecular weight excluding hydrogens is 422 g/mol. The normalized spacial score (nSPS) is 29.0. The van der Waals surface area contributed by atoms with Crippen molar-refractivity contribution in [1.29, 1.82) is 0 Å². The van der Waals surface area contributed by atoms with E-state index in [1.807, 2.05) is 0 Å². The second kappa shape index (κ2) is 7.25. The maximum Gasteiger partial charge on any atom is 0.303 e. The summed E-state index contributed by atoms with van der Waals surface area (Å²) in [4.78, 5) is 50.9. The van der Waals surface area contributed by atoms with Crippen LogP contribution in [0.4, 0.5) is 0 Å². The van der Waals surface area contributed by atoms with E-state index in [9.17, 15) is 19.2 Å². The topological polar surface area (TPSA) is 118 Å². The molecule has 3 aliphatic heterocycles. The molecule has 0 radical (unpaired) electrons. The molecule has 1 amide bonds. The highest BCUT2D eigenvalue weighted by molar-refractivity contribution is 5.99. The standard InChI is InChI=1S/C22H21NO9/c1-9(24)30-19-12-4-5-23-18(12)17(20(31-10(2)25)21(19)32-11(3)26)13-6-15-16(29-8-28-15)7-14(13)22(23)27/h4,6-7,17-21H,5,8H2,1-3H3/t17-,18+,19+,20-,21-/m0/s1. The van der Waals surface area contributed by atoms with Crippen molar-refractivity contribution >= 4 is 23.8 Å². The number of benzene rings is 1. The summed E-state index contributed by atoms with van der Waals surface area (Å²) in [5, 5.41) is 0. The molecule has 32 heavy (non-hydrogen) atoms. The number of carbonyl (C=O) groups is 4. The van der Waals surface area contributed by atoms with Crippen LogP contribution in [-0.2, 0) is 28.6 Å². The largest absolute Gasteiger partial charge is 0.458 e. The van der Waals surface area contributed by atoms with Crippen LogP contribution in [0.15, 0.2) is 23.8 Å². The number of hydrogen-bond acceptors (Lipinski definition) is 9. The number of esters is 3. The molecule has 0 aromatic heterocycles. The molecule has 0 bridgehead atoms. The van der Waals surface area contributed by atoms with Crippen LogP contribution in [0.5, 0.6) is 11.5 Å². The minimum absolute atomic E-state index is 0.0351. The second-order valence-electron chi connectivity index (χ2n) is 8.10. The van der Waals surface area contributed by atoms with Crippen LogP contribution in [0.25, 0.3) is 0 Å². The summed E-state index contributed by atoms with van der Waals surface area (Å²) >= 11 is 0. The number of amides is 1. The lowest BCUT2D eigenvalue weighted by atomic mass is 9.69. The Labute approximate surface area is 183 Å². The molecule has 10 nitrogen and oxygen atoms in total. The van der Waals surface area contributed by atoms with Crippen molar-refractivity contribution in [1.82, 2.24) is 4.90 Å². The Hall–Kier alpha value is -3.56. The first-order valence-corrected chi connectivity index (χ1v) is 10.2. The molecule has 5 rings (SSSR count). The van der Waals surface area contributed by atoms with Gasteiger partial charge in [0.05, 0.1) is 12.0 Å². The lowest BCUT2D eigenvalue weighted by Gasteiger charge is -2.50. The molecule has 10 heteroatoms. The van der Waals surface area contributed by atoms with Gasteiger partial charge in [0.15, 0.2) is 29.8 Å². The third-order valence-electron chi connectivity index (χ3n) is 6.14. The summed E-state index contributed by atoms with van der Waals surface area (Å²) in [5.74, 6) is -1.65. The van der Waals surface area contributed by atoms with Crippen molar-refractivity contribution in [3.63, 3.8) is 0 Å². The van der Waals surface area contributed by atoms with Gasteiger partial charge >= 0.3 is 17.9 Å². The highest BCUT2D eigenvalue weighted by Crippen LogP contribution is 2.51. The Kier molecular flexibility index (Phi) is 4.61. The van der Waals surface area contributed by atoms with Gasteiger partial charge in [-0.25, -0.2) is 0 Å². The number of fused-ring (bicyclic) bond motifs is 3. The number of carbonyl (C=O) groups excluding carboxylic acids is 4. The first-order valence-electron chi connectivity index (χ1n) is 10.2. The van der Waals surface area contributed by atoms with Crippen molar-refractivity contribution in [3.8, 4) is 11.5 Å². The number of rotatable bonds is 3.